The van der Waals surface area contributed by atoms with Gasteiger partial charge in [0.05, 0.1) is 12.9 Å². The summed E-state index contributed by atoms with van der Waals surface area (Å²) in [4.78, 5) is 4.08. The smallest absolute Gasteiger partial charge is 0.214 e. The third-order valence-corrected chi connectivity index (χ3v) is 2.66. The SMILES string of the molecule is COc1cccc(NCCS(C)(=O)=O)n1. The van der Waals surface area contributed by atoms with Crippen LogP contribution < -0.4 is 10.1 Å². The molecule has 0 fully saturated rings. The van der Waals surface area contributed by atoms with Crippen molar-refractivity contribution < 1.29 is 13.2 Å². The van der Waals surface area contributed by atoms with Crippen LogP contribution in [0.4, 0.5) is 5.82 Å². The van der Waals surface area contributed by atoms with E-state index in [-0.39, 0.29) is 5.75 Å². The van der Waals surface area contributed by atoms with Gasteiger partial charge < -0.3 is 10.1 Å². The summed E-state index contributed by atoms with van der Waals surface area (Å²) in [5, 5.41) is 2.91. The normalized spacial score (nSPS) is 11.1. The van der Waals surface area contributed by atoms with Crippen molar-refractivity contribution in [1.82, 2.24) is 4.98 Å². The van der Waals surface area contributed by atoms with Crippen LogP contribution in [0.3, 0.4) is 0 Å². The number of nitrogens with one attached hydrogen (secondary N) is 1. The maximum absolute atomic E-state index is 10.9. The van der Waals surface area contributed by atoms with E-state index in [1.165, 1.54) is 13.4 Å². The molecule has 0 aliphatic carbocycles. The standard InChI is InChI=1S/C9H14N2O3S/c1-14-9-5-3-4-8(11-9)10-6-7-15(2,12)13/h3-5H,6-7H2,1-2H3,(H,10,11). The molecule has 0 amide bonds. The molecule has 6 heteroatoms. The Balaban J connectivity index is 2.51. The van der Waals surface area contributed by atoms with Crippen molar-refractivity contribution in [2.45, 2.75) is 0 Å². The highest BCUT2D eigenvalue weighted by Crippen LogP contribution is 2.09. The summed E-state index contributed by atoms with van der Waals surface area (Å²) >= 11 is 0. The number of nitrogens with zero attached hydrogens (tertiary/aromatic N) is 1. The molecule has 1 rings (SSSR count). The first kappa shape index (κ1) is 11.8. The second-order valence-corrected chi connectivity index (χ2v) is 5.38. The predicted molar refractivity (Wildman–Crippen MR) is 59.0 cm³/mol. The number of hydrogen-bond donors (Lipinski definition) is 1. The zero-order valence-electron chi connectivity index (χ0n) is 8.73. The van der Waals surface area contributed by atoms with E-state index in [0.717, 1.165) is 0 Å². The molecule has 1 aromatic heterocycles. The summed E-state index contributed by atoms with van der Waals surface area (Å²) < 4.78 is 26.7. The lowest BCUT2D eigenvalue weighted by atomic mass is 10.4. The van der Waals surface area contributed by atoms with E-state index in [2.05, 4.69) is 10.3 Å². The minimum absolute atomic E-state index is 0.0892. The monoisotopic (exact) mass is 230 g/mol. The lowest BCUT2D eigenvalue weighted by Gasteiger charge is -2.05. The highest BCUT2D eigenvalue weighted by molar-refractivity contribution is 7.90. The summed E-state index contributed by atoms with van der Waals surface area (Å²) in [5.41, 5.74) is 0. The van der Waals surface area contributed by atoms with Gasteiger partial charge in [0.2, 0.25) is 5.88 Å². The van der Waals surface area contributed by atoms with E-state index in [1.54, 1.807) is 18.2 Å². The number of pyridine rings is 1. The molecule has 84 valence electrons. The first-order valence-electron chi connectivity index (χ1n) is 4.44. The quantitative estimate of drug-likeness (QED) is 0.800. The fourth-order valence-corrected chi connectivity index (χ4v) is 1.46. The number of methoxy groups -OCH3 is 1. The number of aromatic nitrogens is 1. The van der Waals surface area contributed by atoms with Crippen LogP contribution in [-0.2, 0) is 9.84 Å². The Kier molecular flexibility index (Phi) is 3.90. The number of anilines is 1. The van der Waals surface area contributed by atoms with Crippen LogP contribution in [0, 0.1) is 0 Å². The number of rotatable bonds is 5. The zero-order valence-corrected chi connectivity index (χ0v) is 9.54. The Labute approximate surface area is 89.4 Å². The molecule has 1 aromatic rings. The minimum atomic E-state index is -2.93. The summed E-state index contributed by atoms with van der Waals surface area (Å²) in [6.45, 7) is 0.346. The molecular weight excluding hydrogens is 216 g/mol. The van der Waals surface area contributed by atoms with Gasteiger partial charge >= 0.3 is 0 Å². The molecule has 0 aliphatic rings. The van der Waals surface area contributed by atoms with E-state index < -0.39 is 9.84 Å². The minimum Gasteiger partial charge on any atom is -0.481 e. The highest BCUT2D eigenvalue weighted by Gasteiger charge is 2.02. The van der Waals surface area contributed by atoms with Crippen molar-refractivity contribution in [2.75, 3.05) is 31.0 Å². The summed E-state index contributed by atoms with van der Waals surface area (Å²) in [7, 11) is -1.40. The zero-order chi connectivity index (χ0) is 11.3. The molecular formula is C9H14N2O3S. The van der Waals surface area contributed by atoms with Crippen LogP contribution in [0.25, 0.3) is 0 Å². The number of hydrogen-bond acceptors (Lipinski definition) is 5. The maximum Gasteiger partial charge on any atom is 0.214 e. The largest absolute Gasteiger partial charge is 0.481 e. The summed E-state index contributed by atoms with van der Waals surface area (Å²) in [6.07, 6.45) is 1.20. The molecule has 1 N–H and O–H groups in total. The molecule has 0 aliphatic heterocycles. The van der Waals surface area contributed by atoms with Crippen molar-refractivity contribution >= 4 is 15.7 Å². The van der Waals surface area contributed by atoms with Crippen LogP contribution in [0.5, 0.6) is 5.88 Å². The van der Waals surface area contributed by atoms with E-state index >= 15 is 0 Å². The second kappa shape index (κ2) is 4.97. The van der Waals surface area contributed by atoms with Crippen LogP contribution in [-0.4, -0.2) is 39.1 Å². The van der Waals surface area contributed by atoms with Gasteiger partial charge in [0.25, 0.3) is 0 Å². The highest BCUT2D eigenvalue weighted by atomic mass is 32.2. The molecule has 0 saturated heterocycles. The molecule has 0 unspecified atom stereocenters. The molecule has 0 atom stereocenters. The molecule has 1 heterocycles. The van der Waals surface area contributed by atoms with Gasteiger partial charge in [-0.3, -0.25) is 0 Å². The van der Waals surface area contributed by atoms with Gasteiger partial charge in [-0.1, -0.05) is 6.07 Å². The van der Waals surface area contributed by atoms with Crippen LogP contribution in [0.2, 0.25) is 0 Å². The molecule has 0 saturated carbocycles. The lowest BCUT2D eigenvalue weighted by molar-refractivity contribution is 0.398. The van der Waals surface area contributed by atoms with E-state index in [1.807, 2.05) is 0 Å². The van der Waals surface area contributed by atoms with Crippen molar-refractivity contribution in [3.8, 4) is 5.88 Å². The average molecular weight is 230 g/mol. The van der Waals surface area contributed by atoms with Gasteiger partial charge in [0, 0.05) is 18.9 Å². The molecule has 0 bridgehead atoms. The fourth-order valence-electron chi connectivity index (χ4n) is 0.991. The maximum atomic E-state index is 10.9. The molecule has 0 aromatic carbocycles. The Morgan fingerprint density at radius 1 is 1.47 bits per heavy atom. The predicted octanol–water partition coefficient (Wildman–Crippen LogP) is 0.547. The van der Waals surface area contributed by atoms with Gasteiger partial charge in [0.15, 0.2) is 0 Å². The number of sulfone groups is 1. The lowest BCUT2D eigenvalue weighted by Crippen LogP contribution is -2.14. The second-order valence-electron chi connectivity index (χ2n) is 3.12. The van der Waals surface area contributed by atoms with Gasteiger partial charge in [-0.25, -0.2) is 8.42 Å². The van der Waals surface area contributed by atoms with E-state index in [0.29, 0.717) is 18.2 Å². The molecule has 0 spiro atoms. The molecule has 5 nitrogen and oxygen atoms in total. The summed E-state index contributed by atoms with van der Waals surface area (Å²) in [5.74, 6) is 1.20. The van der Waals surface area contributed by atoms with E-state index in [4.69, 9.17) is 4.74 Å². The topological polar surface area (TPSA) is 68.3 Å². The first-order valence-corrected chi connectivity index (χ1v) is 6.50. The van der Waals surface area contributed by atoms with Gasteiger partial charge in [-0.15, -0.1) is 0 Å². The Morgan fingerprint density at radius 3 is 2.80 bits per heavy atom. The third kappa shape index (κ3) is 4.64. The fraction of sp³-hybridized carbons (Fsp3) is 0.444. The number of ether oxygens (including phenoxy) is 1. The average Bonchev–Trinajstić information content (AvgIpc) is 2.16. The van der Waals surface area contributed by atoms with Crippen molar-refractivity contribution in [1.29, 1.82) is 0 Å². The molecule has 15 heavy (non-hydrogen) atoms. The first-order chi connectivity index (χ1) is 7.01. The molecule has 0 radical (unpaired) electrons. The van der Waals surface area contributed by atoms with Crippen molar-refractivity contribution in [2.24, 2.45) is 0 Å². The third-order valence-electron chi connectivity index (χ3n) is 1.71. The Morgan fingerprint density at radius 2 is 2.20 bits per heavy atom. The summed E-state index contributed by atoms with van der Waals surface area (Å²) in [6, 6.07) is 5.27. The van der Waals surface area contributed by atoms with Crippen LogP contribution in [0.1, 0.15) is 0 Å². The van der Waals surface area contributed by atoms with Crippen LogP contribution in [0.15, 0.2) is 18.2 Å². The van der Waals surface area contributed by atoms with Gasteiger partial charge in [0.1, 0.15) is 15.7 Å². The van der Waals surface area contributed by atoms with Gasteiger partial charge in [-0.05, 0) is 6.07 Å². The van der Waals surface area contributed by atoms with Crippen molar-refractivity contribution in [3.63, 3.8) is 0 Å². The Bertz CT molecular complexity index is 417. The Hall–Kier alpha value is -1.30. The van der Waals surface area contributed by atoms with Crippen molar-refractivity contribution in [3.05, 3.63) is 18.2 Å². The van der Waals surface area contributed by atoms with Crippen LogP contribution >= 0.6 is 0 Å². The van der Waals surface area contributed by atoms with Gasteiger partial charge in [-0.2, -0.15) is 4.98 Å². The van der Waals surface area contributed by atoms with E-state index in [9.17, 15) is 8.42 Å².